The summed E-state index contributed by atoms with van der Waals surface area (Å²) in [7, 11) is 0. The SMILES string of the molecule is Cc1cnc2c(NC(=O)C3(C)CC3)cc(C(=O)CC[C@](C)(O)c3cc4c(c(-c5ccc(F)cc5)n3)OC[C@]4(C)C(N)=O)cc2c1. The Morgan fingerprint density at radius 2 is 1.82 bits per heavy atom. The highest BCUT2D eigenvalue weighted by Gasteiger charge is 2.46. The lowest BCUT2D eigenvalue weighted by molar-refractivity contribution is -0.123. The topological polar surface area (TPSA) is 144 Å². The molecule has 1 fully saturated rings. The van der Waals surface area contributed by atoms with Crippen LogP contribution in [0.1, 0.15) is 73.6 Å². The fourth-order valence-corrected chi connectivity index (χ4v) is 5.60. The lowest BCUT2D eigenvalue weighted by Crippen LogP contribution is -2.40. The van der Waals surface area contributed by atoms with Gasteiger partial charge in [0.1, 0.15) is 34.9 Å². The number of pyridine rings is 2. The zero-order valence-corrected chi connectivity index (χ0v) is 25.7. The van der Waals surface area contributed by atoms with Crippen molar-refractivity contribution in [2.24, 2.45) is 11.1 Å². The number of hydrogen-bond acceptors (Lipinski definition) is 7. The monoisotopic (exact) mass is 610 g/mol. The number of amides is 2. The highest BCUT2D eigenvalue weighted by molar-refractivity contribution is 6.08. The molecule has 2 amide bonds. The van der Waals surface area contributed by atoms with Gasteiger partial charge in [0, 0.05) is 40.1 Å². The third-order valence-electron chi connectivity index (χ3n) is 9.16. The molecule has 10 heteroatoms. The van der Waals surface area contributed by atoms with E-state index in [1.807, 2.05) is 19.9 Å². The molecular weight excluding hydrogens is 575 g/mol. The van der Waals surface area contributed by atoms with E-state index in [2.05, 4.69) is 10.3 Å². The summed E-state index contributed by atoms with van der Waals surface area (Å²) in [4.78, 5) is 48.2. The number of aromatic nitrogens is 2. The second-order valence-electron chi connectivity index (χ2n) is 13.0. The number of nitrogens with one attached hydrogen (secondary N) is 1. The van der Waals surface area contributed by atoms with Crippen LogP contribution in [0.4, 0.5) is 10.1 Å². The number of carbonyl (C=O) groups excluding carboxylic acids is 3. The quantitative estimate of drug-likeness (QED) is 0.213. The number of nitrogens with two attached hydrogens (primary N) is 1. The van der Waals surface area contributed by atoms with Crippen LogP contribution in [-0.2, 0) is 20.6 Å². The number of primary amides is 1. The van der Waals surface area contributed by atoms with Gasteiger partial charge in [-0.05, 0) is 94.1 Å². The third-order valence-corrected chi connectivity index (χ3v) is 9.16. The van der Waals surface area contributed by atoms with E-state index < -0.39 is 28.2 Å². The number of ketones is 1. The van der Waals surface area contributed by atoms with Crippen molar-refractivity contribution in [2.75, 3.05) is 11.9 Å². The van der Waals surface area contributed by atoms with Crippen LogP contribution >= 0.6 is 0 Å². The Kier molecular flexibility index (Phi) is 7.23. The van der Waals surface area contributed by atoms with Gasteiger partial charge in [-0.2, -0.15) is 0 Å². The van der Waals surface area contributed by atoms with Crippen molar-refractivity contribution in [1.29, 1.82) is 0 Å². The number of Topliss-reactive ketones (excluding diaryl/α,β-unsaturated/α-hetero) is 1. The van der Waals surface area contributed by atoms with Crippen LogP contribution in [0.3, 0.4) is 0 Å². The van der Waals surface area contributed by atoms with Crippen LogP contribution in [0.15, 0.2) is 54.7 Å². The Morgan fingerprint density at radius 3 is 2.49 bits per heavy atom. The molecule has 0 unspecified atom stereocenters. The van der Waals surface area contributed by atoms with Crippen LogP contribution in [0.2, 0.25) is 0 Å². The Balaban J connectivity index is 1.32. The average molecular weight is 611 g/mol. The molecule has 1 aliphatic carbocycles. The molecule has 232 valence electrons. The van der Waals surface area contributed by atoms with E-state index in [0.717, 1.165) is 23.8 Å². The van der Waals surface area contributed by atoms with Crippen molar-refractivity contribution < 1.29 is 28.6 Å². The number of rotatable bonds is 9. The molecular formula is C35H35FN4O5. The molecule has 0 spiro atoms. The number of aliphatic hydroxyl groups is 1. The molecule has 0 radical (unpaired) electrons. The Hall–Kier alpha value is -4.70. The average Bonchev–Trinajstić information content (AvgIpc) is 3.67. The van der Waals surface area contributed by atoms with E-state index in [-0.39, 0.29) is 36.8 Å². The van der Waals surface area contributed by atoms with Crippen molar-refractivity contribution in [3.63, 3.8) is 0 Å². The van der Waals surface area contributed by atoms with Gasteiger partial charge in [0.2, 0.25) is 11.8 Å². The highest BCUT2D eigenvalue weighted by atomic mass is 19.1. The number of benzene rings is 2. The second kappa shape index (κ2) is 10.7. The minimum atomic E-state index is -1.60. The molecule has 2 aromatic heterocycles. The van der Waals surface area contributed by atoms with E-state index in [4.69, 9.17) is 15.5 Å². The van der Waals surface area contributed by atoms with Crippen LogP contribution < -0.4 is 15.8 Å². The fourth-order valence-electron chi connectivity index (χ4n) is 5.60. The summed E-state index contributed by atoms with van der Waals surface area (Å²) in [5.74, 6) is -1.03. The standard InChI is InChI=1S/C35H35FN4O5/c1-19-13-22-14-21(15-25(28(22)38-17-19)39-32(43)33(2)11-12-33)26(41)9-10-35(4,44)27-16-24-30(45-18-34(24,3)31(37)42)29(40-27)20-5-7-23(36)8-6-20/h5-8,13-17,44H,9-12,18H2,1-4H3,(H2,37,42)(H,39,43)/t34-,35-/m0/s1. The van der Waals surface area contributed by atoms with Gasteiger partial charge in [0.25, 0.3) is 0 Å². The molecule has 4 aromatic rings. The minimum Gasteiger partial charge on any atom is -0.489 e. The Bertz CT molecular complexity index is 1880. The second-order valence-corrected chi connectivity index (χ2v) is 13.0. The molecule has 3 heterocycles. The van der Waals surface area contributed by atoms with Gasteiger partial charge < -0.3 is 20.9 Å². The first kappa shape index (κ1) is 30.3. The summed E-state index contributed by atoms with van der Waals surface area (Å²) in [6, 6.07) is 12.6. The summed E-state index contributed by atoms with van der Waals surface area (Å²) in [5.41, 5.74) is 6.48. The number of fused-ring (bicyclic) bond motifs is 2. The van der Waals surface area contributed by atoms with Gasteiger partial charge in [-0.1, -0.05) is 6.92 Å². The number of nitrogens with zero attached hydrogens (tertiary/aromatic N) is 2. The highest BCUT2D eigenvalue weighted by Crippen LogP contribution is 2.47. The molecule has 1 aliphatic heterocycles. The smallest absolute Gasteiger partial charge is 0.231 e. The molecule has 2 atom stereocenters. The maximum absolute atomic E-state index is 13.7. The molecule has 0 bridgehead atoms. The molecule has 2 aromatic carbocycles. The molecule has 2 aliphatic rings. The van der Waals surface area contributed by atoms with Gasteiger partial charge in [-0.15, -0.1) is 0 Å². The van der Waals surface area contributed by atoms with E-state index in [1.54, 1.807) is 50.4 Å². The molecule has 45 heavy (non-hydrogen) atoms. The molecule has 6 rings (SSSR count). The van der Waals surface area contributed by atoms with E-state index in [9.17, 15) is 23.9 Å². The largest absolute Gasteiger partial charge is 0.489 e. The van der Waals surface area contributed by atoms with E-state index >= 15 is 0 Å². The summed E-state index contributed by atoms with van der Waals surface area (Å²) in [6.45, 7) is 7.02. The van der Waals surface area contributed by atoms with Crippen molar-refractivity contribution in [1.82, 2.24) is 9.97 Å². The fraction of sp³-hybridized carbons (Fsp3) is 0.343. The predicted molar refractivity (Wildman–Crippen MR) is 167 cm³/mol. The van der Waals surface area contributed by atoms with Crippen LogP contribution in [0, 0.1) is 18.2 Å². The lowest BCUT2D eigenvalue weighted by atomic mass is 9.81. The lowest BCUT2D eigenvalue weighted by Gasteiger charge is -2.26. The van der Waals surface area contributed by atoms with Gasteiger partial charge in [-0.25, -0.2) is 9.37 Å². The first-order valence-electron chi connectivity index (χ1n) is 14.9. The summed E-state index contributed by atoms with van der Waals surface area (Å²) < 4.78 is 19.6. The third kappa shape index (κ3) is 5.55. The van der Waals surface area contributed by atoms with Gasteiger partial charge >= 0.3 is 0 Å². The number of halogens is 1. The van der Waals surface area contributed by atoms with Gasteiger partial charge in [-0.3, -0.25) is 19.4 Å². The zero-order chi connectivity index (χ0) is 32.3. The number of carbonyl (C=O) groups is 3. The Labute approximate surface area is 260 Å². The maximum Gasteiger partial charge on any atom is 0.231 e. The van der Waals surface area contributed by atoms with Crippen molar-refractivity contribution in [3.8, 4) is 17.0 Å². The molecule has 4 N–H and O–H groups in total. The normalized spacial score (nSPS) is 19.3. The van der Waals surface area contributed by atoms with Crippen molar-refractivity contribution >= 4 is 34.2 Å². The summed E-state index contributed by atoms with van der Waals surface area (Å²) in [6.07, 6.45) is 3.28. The van der Waals surface area contributed by atoms with Gasteiger partial charge in [0.15, 0.2) is 5.78 Å². The van der Waals surface area contributed by atoms with Crippen LogP contribution in [0.25, 0.3) is 22.2 Å². The summed E-state index contributed by atoms with van der Waals surface area (Å²) >= 11 is 0. The van der Waals surface area contributed by atoms with Crippen LogP contribution in [-0.4, -0.2) is 39.3 Å². The predicted octanol–water partition coefficient (Wildman–Crippen LogP) is 5.49. The van der Waals surface area contributed by atoms with E-state index in [0.29, 0.717) is 39.3 Å². The first-order valence-corrected chi connectivity index (χ1v) is 14.9. The molecule has 0 saturated heterocycles. The maximum atomic E-state index is 13.7. The van der Waals surface area contributed by atoms with Gasteiger partial charge in [0.05, 0.1) is 16.9 Å². The molecule has 9 nitrogen and oxygen atoms in total. The number of anilines is 1. The van der Waals surface area contributed by atoms with E-state index in [1.165, 1.54) is 12.1 Å². The van der Waals surface area contributed by atoms with Crippen molar-refractivity contribution in [2.45, 2.75) is 64.4 Å². The molecule has 1 saturated carbocycles. The Morgan fingerprint density at radius 1 is 1.11 bits per heavy atom. The number of ether oxygens (including phenoxy) is 1. The minimum absolute atomic E-state index is 0.00150. The summed E-state index contributed by atoms with van der Waals surface area (Å²) in [5, 5.41) is 15.4. The zero-order valence-electron chi connectivity index (χ0n) is 25.7. The van der Waals surface area contributed by atoms with Crippen molar-refractivity contribution in [3.05, 3.63) is 82.9 Å². The number of aryl methyl sites for hydroxylation is 1. The first-order chi connectivity index (χ1) is 21.2. The number of hydrogen-bond donors (Lipinski definition) is 3. The van der Waals surface area contributed by atoms with Crippen LogP contribution in [0.5, 0.6) is 5.75 Å².